The molecule has 0 atom stereocenters. The van der Waals surface area contributed by atoms with Crippen molar-refractivity contribution in [3.63, 3.8) is 0 Å². The van der Waals surface area contributed by atoms with E-state index in [0.717, 1.165) is 16.9 Å². The van der Waals surface area contributed by atoms with Crippen LogP contribution in [0.3, 0.4) is 0 Å². The monoisotopic (exact) mass is 310 g/mol. The fourth-order valence-electron chi connectivity index (χ4n) is 1.67. The first-order valence-electron chi connectivity index (χ1n) is 5.60. The highest BCUT2D eigenvalue weighted by molar-refractivity contribution is 7.80. The Balaban J connectivity index is 2.29. The Kier molecular flexibility index (Phi) is 4.30. The minimum absolute atomic E-state index is 0.282. The number of hydrogen-bond acceptors (Lipinski definition) is 2. The molecular formula is C14H12Cl2N2S. The van der Waals surface area contributed by atoms with Gasteiger partial charge in [-0.05, 0) is 42.8 Å². The van der Waals surface area contributed by atoms with Gasteiger partial charge in [0.1, 0.15) is 4.99 Å². The first kappa shape index (κ1) is 14.1. The number of anilines is 2. The third kappa shape index (κ3) is 3.38. The summed E-state index contributed by atoms with van der Waals surface area (Å²) < 4.78 is 0. The highest BCUT2D eigenvalue weighted by Crippen LogP contribution is 2.28. The van der Waals surface area contributed by atoms with E-state index in [-0.39, 0.29) is 4.99 Å². The largest absolute Gasteiger partial charge is 0.389 e. The molecule has 19 heavy (non-hydrogen) atoms. The summed E-state index contributed by atoms with van der Waals surface area (Å²) in [6.45, 7) is 1.99. The fraction of sp³-hybridized carbons (Fsp3) is 0.0714. The van der Waals surface area contributed by atoms with E-state index in [1.165, 1.54) is 0 Å². The van der Waals surface area contributed by atoms with Gasteiger partial charge in [0.2, 0.25) is 0 Å². The Labute approximate surface area is 127 Å². The molecule has 98 valence electrons. The van der Waals surface area contributed by atoms with Gasteiger partial charge in [0.25, 0.3) is 0 Å². The van der Waals surface area contributed by atoms with Gasteiger partial charge < -0.3 is 11.1 Å². The van der Waals surface area contributed by atoms with E-state index in [1.807, 2.05) is 31.2 Å². The average molecular weight is 311 g/mol. The molecule has 0 spiro atoms. The minimum atomic E-state index is 0.282. The van der Waals surface area contributed by atoms with Crippen LogP contribution in [0.5, 0.6) is 0 Å². The summed E-state index contributed by atoms with van der Waals surface area (Å²) >= 11 is 17.2. The molecule has 0 bridgehead atoms. The van der Waals surface area contributed by atoms with Gasteiger partial charge in [0, 0.05) is 11.3 Å². The molecule has 2 rings (SSSR count). The Morgan fingerprint density at radius 2 is 1.84 bits per heavy atom. The van der Waals surface area contributed by atoms with Crippen molar-refractivity contribution in [2.75, 3.05) is 5.32 Å². The smallest absolute Gasteiger partial charge is 0.105 e. The number of nitrogens with one attached hydrogen (secondary N) is 1. The molecule has 2 aromatic rings. The molecule has 0 saturated carbocycles. The predicted octanol–water partition coefficient (Wildman–Crippen LogP) is 4.68. The summed E-state index contributed by atoms with van der Waals surface area (Å²) in [7, 11) is 0. The van der Waals surface area contributed by atoms with Crippen LogP contribution in [0.25, 0.3) is 0 Å². The van der Waals surface area contributed by atoms with Crippen LogP contribution < -0.4 is 11.1 Å². The lowest BCUT2D eigenvalue weighted by Gasteiger charge is -2.11. The van der Waals surface area contributed by atoms with Crippen LogP contribution in [0, 0.1) is 6.92 Å². The number of thiocarbonyl (C=S) groups is 1. The molecule has 0 fully saturated rings. The maximum Gasteiger partial charge on any atom is 0.105 e. The number of aryl methyl sites for hydroxylation is 1. The number of nitrogens with two attached hydrogens (primary N) is 1. The van der Waals surface area contributed by atoms with Crippen molar-refractivity contribution >= 4 is 51.8 Å². The van der Waals surface area contributed by atoms with Crippen molar-refractivity contribution in [2.24, 2.45) is 5.73 Å². The van der Waals surface area contributed by atoms with Crippen LogP contribution in [0.2, 0.25) is 10.0 Å². The second-order valence-electron chi connectivity index (χ2n) is 4.17. The van der Waals surface area contributed by atoms with Crippen LogP contribution in [0.15, 0.2) is 36.4 Å². The molecule has 0 saturated heterocycles. The number of benzene rings is 2. The van der Waals surface area contributed by atoms with Crippen molar-refractivity contribution in [1.82, 2.24) is 0 Å². The van der Waals surface area contributed by atoms with Gasteiger partial charge >= 0.3 is 0 Å². The molecule has 0 unspecified atom stereocenters. The van der Waals surface area contributed by atoms with Gasteiger partial charge in [-0.25, -0.2) is 0 Å². The van der Waals surface area contributed by atoms with Gasteiger partial charge in [-0.2, -0.15) is 0 Å². The van der Waals surface area contributed by atoms with E-state index < -0.39 is 0 Å². The minimum Gasteiger partial charge on any atom is -0.389 e. The van der Waals surface area contributed by atoms with Crippen LogP contribution in [-0.2, 0) is 0 Å². The number of halogens is 2. The van der Waals surface area contributed by atoms with Crippen LogP contribution in [0.1, 0.15) is 11.1 Å². The standard InChI is InChI=1S/C14H12Cl2N2S/c1-8-2-5-13(12(16)6-8)18-9-3-4-10(14(17)19)11(15)7-9/h2-7,18H,1H3,(H2,17,19). The number of hydrogen-bond donors (Lipinski definition) is 2. The summed E-state index contributed by atoms with van der Waals surface area (Å²) in [4.78, 5) is 0.282. The van der Waals surface area contributed by atoms with Crippen molar-refractivity contribution in [3.05, 3.63) is 57.6 Å². The summed E-state index contributed by atoms with van der Waals surface area (Å²) in [5.41, 5.74) is 8.99. The first-order valence-corrected chi connectivity index (χ1v) is 6.76. The average Bonchev–Trinajstić information content (AvgIpc) is 2.32. The Morgan fingerprint density at radius 3 is 2.42 bits per heavy atom. The molecule has 0 aliphatic rings. The Hall–Kier alpha value is -1.29. The lowest BCUT2D eigenvalue weighted by Crippen LogP contribution is -2.09. The topological polar surface area (TPSA) is 38.0 Å². The molecule has 2 aromatic carbocycles. The summed E-state index contributed by atoms with van der Waals surface area (Å²) in [5, 5.41) is 4.38. The molecule has 5 heteroatoms. The van der Waals surface area contributed by atoms with Crippen LogP contribution in [0.4, 0.5) is 11.4 Å². The predicted molar refractivity (Wildman–Crippen MR) is 86.8 cm³/mol. The van der Waals surface area contributed by atoms with Gasteiger partial charge in [-0.15, -0.1) is 0 Å². The van der Waals surface area contributed by atoms with Crippen LogP contribution in [-0.4, -0.2) is 4.99 Å². The third-order valence-electron chi connectivity index (χ3n) is 2.64. The second-order valence-corrected chi connectivity index (χ2v) is 5.42. The van der Waals surface area contributed by atoms with E-state index in [1.54, 1.807) is 12.1 Å². The van der Waals surface area contributed by atoms with E-state index in [4.69, 9.17) is 41.2 Å². The van der Waals surface area contributed by atoms with Crippen LogP contribution >= 0.6 is 35.4 Å². The van der Waals surface area contributed by atoms with E-state index in [0.29, 0.717) is 15.6 Å². The lowest BCUT2D eigenvalue weighted by molar-refractivity contribution is 1.45. The molecule has 3 N–H and O–H groups in total. The molecule has 0 aliphatic carbocycles. The van der Waals surface area contributed by atoms with Crippen molar-refractivity contribution in [2.45, 2.75) is 6.92 Å². The molecule has 0 amide bonds. The van der Waals surface area contributed by atoms with Gasteiger partial charge in [0.05, 0.1) is 15.7 Å². The van der Waals surface area contributed by atoms with E-state index in [9.17, 15) is 0 Å². The Morgan fingerprint density at radius 1 is 1.11 bits per heavy atom. The fourth-order valence-corrected chi connectivity index (χ4v) is 2.47. The lowest BCUT2D eigenvalue weighted by atomic mass is 10.2. The second kappa shape index (κ2) is 5.78. The molecule has 0 aliphatic heterocycles. The summed E-state index contributed by atoms with van der Waals surface area (Å²) in [5.74, 6) is 0. The molecular weight excluding hydrogens is 299 g/mol. The molecule has 0 heterocycles. The maximum absolute atomic E-state index is 6.16. The van der Waals surface area contributed by atoms with E-state index >= 15 is 0 Å². The molecule has 0 aromatic heterocycles. The molecule has 0 radical (unpaired) electrons. The van der Waals surface area contributed by atoms with Gasteiger partial charge in [-0.1, -0.05) is 41.5 Å². The van der Waals surface area contributed by atoms with Crippen molar-refractivity contribution < 1.29 is 0 Å². The SMILES string of the molecule is Cc1ccc(Nc2ccc(C(N)=S)c(Cl)c2)c(Cl)c1. The summed E-state index contributed by atoms with van der Waals surface area (Å²) in [6.07, 6.45) is 0. The highest BCUT2D eigenvalue weighted by atomic mass is 35.5. The zero-order valence-electron chi connectivity index (χ0n) is 10.2. The van der Waals surface area contributed by atoms with Gasteiger partial charge in [0.15, 0.2) is 0 Å². The number of rotatable bonds is 3. The van der Waals surface area contributed by atoms with Crippen molar-refractivity contribution in [3.8, 4) is 0 Å². The Bertz CT molecular complexity index is 641. The molecule has 2 nitrogen and oxygen atoms in total. The highest BCUT2D eigenvalue weighted by Gasteiger charge is 2.06. The quantitative estimate of drug-likeness (QED) is 0.808. The van der Waals surface area contributed by atoms with E-state index in [2.05, 4.69) is 5.32 Å². The normalized spacial score (nSPS) is 10.3. The maximum atomic E-state index is 6.16. The zero-order chi connectivity index (χ0) is 14.0. The third-order valence-corrected chi connectivity index (χ3v) is 3.48. The first-order chi connectivity index (χ1) is 8.97. The van der Waals surface area contributed by atoms with Crippen molar-refractivity contribution in [1.29, 1.82) is 0 Å². The summed E-state index contributed by atoms with van der Waals surface area (Å²) in [6, 6.07) is 11.2. The van der Waals surface area contributed by atoms with Gasteiger partial charge in [-0.3, -0.25) is 0 Å². The zero-order valence-corrected chi connectivity index (χ0v) is 12.5.